The minimum atomic E-state index is -0.299. The zero-order valence-electron chi connectivity index (χ0n) is 12.4. The van der Waals surface area contributed by atoms with E-state index in [0.29, 0.717) is 5.92 Å². The number of unbranched alkanes of at least 4 members (excludes halogenated alkanes) is 1. The minimum Gasteiger partial charge on any atom is -0.388 e. The van der Waals surface area contributed by atoms with Gasteiger partial charge in [0.1, 0.15) is 0 Å². The third-order valence-corrected chi connectivity index (χ3v) is 3.88. The normalized spacial score (nSPS) is 14.5. The van der Waals surface area contributed by atoms with Gasteiger partial charge in [0.2, 0.25) is 0 Å². The van der Waals surface area contributed by atoms with Crippen LogP contribution in [0.2, 0.25) is 0 Å². The summed E-state index contributed by atoms with van der Waals surface area (Å²) >= 11 is 0. The highest BCUT2D eigenvalue weighted by Gasteiger charge is 2.16. The van der Waals surface area contributed by atoms with Crippen molar-refractivity contribution in [2.45, 2.75) is 65.9 Å². The van der Waals surface area contributed by atoms with Crippen LogP contribution in [-0.2, 0) is 0 Å². The minimum absolute atomic E-state index is 0.299. The lowest BCUT2D eigenvalue weighted by molar-refractivity contribution is 0.138. The molecule has 0 saturated heterocycles. The average molecular weight is 248 g/mol. The summed E-state index contributed by atoms with van der Waals surface area (Å²) in [6.07, 6.45) is 5.54. The van der Waals surface area contributed by atoms with Crippen LogP contribution < -0.4 is 0 Å². The van der Waals surface area contributed by atoms with Gasteiger partial charge in [-0.15, -0.1) is 0 Å². The molecule has 1 aromatic rings. The fourth-order valence-electron chi connectivity index (χ4n) is 2.62. The Hall–Kier alpha value is -0.820. The molecule has 0 heterocycles. The lowest BCUT2D eigenvalue weighted by atomic mass is 9.89. The van der Waals surface area contributed by atoms with Crippen molar-refractivity contribution >= 4 is 0 Å². The van der Waals surface area contributed by atoms with Crippen LogP contribution in [0.4, 0.5) is 0 Å². The van der Waals surface area contributed by atoms with Crippen molar-refractivity contribution in [3.63, 3.8) is 0 Å². The molecule has 1 nitrogen and oxygen atoms in total. The quantitative estimate of drug-likeness (QED) is 0.724. The van der Waals surface area contributed by atoms with Crippen LogP contribution >= 0.6 is 0 Å². The molecule has 18 heavy (non-hydrogen) atoms. The van der Waals surface area contributed by atoms with Gasteiger partial charge in [0, 0.05) is 0 Å². The van der Waals surface area contributed by atoms with Crippen LogP contribution in [0.15, 0.2) is 18.2 Å². The molecule has 1 rings (SSSR count). The Kier molecular flexibility index (Phi) is 6.42. The number of rotatable bonds is 7. The van der Waals surface area contributed by atoms with Gasteiger partial charge in [-0.3, -0.25) is 0 Å². The van der Waals surface area contributed by atoms with E-state index >= 15 is 0 Å². The SMILES string of the molecule is CCCCC(CC)CC(O)c1ccc(C)cc1C. The predicted molar refractivity (Wildman–Crippen MR) is 78.8 cm³/mol. The molecule has 1 N–H and O–H groups in total. The summed E-state index contributed by atoms with van der Waals surface area (Å²) in [4.78, 5) is 0. The molecule has 0 aliphatic heterocycles. The number of aryl methyl sites for hydroxylation is 2. The van der Waals surface area contributed by atoms with Crippen molar-refractivity contribution < 1.29 is 5.11 Å². The van der Waals surface area contributed by atoms with Crippen molar-refractivity contribution in [3.05, 3.63) is 34.9 Å². The van der Waals surface area contributed by atoms with E-state index in [2.05, 4.69) is 45.9 Å². The Bertz CT molecular complexity index is 357. The highest BCUT2D eigenvalue weighted by Crippen LogP contribution is 2.28. The summed E-state index contributed by atoms with van der Waals surface area (Å²) in [5, 5.41) is 10.4. The Morgan fingerprint density at radius 2 is 1.89 bits per heavy atom. The predicted octanol–water partition coefficient (Wildman–Crippen LogP) is 4.94. The van der Waals surface area contributed by atoms with Crippen LogP contribution in [0.1, 0.15) is 68.7 Å². The topological polar surface area (TPSA) is 20.2 Å². The molecular weight excluding hydrogens is 220 g/mol. The first-order chi connectivity index (χ1) is 8.58. The summed E-state index contributed by atoms with van der Waals surface area (Å²) in [6, 6.07) is 6.34. The average Bonchev–Trinajstić information content (AvgIpc) is 2.34. The first kappa shape index (κ1) is 15.2. The highest BCUT2D eigenvalue weighted by molar-refractivity contribution is 5.31. The fourth-order valence-corrected chi connectivity index (χ4v) is 2.62. The molecule has 0 radical (unpaired) electrons. The van der Waals surface area contributed by atoms with Gasteiger partial charge in [-0.2, -0.15) is 0 Å². The van der Waals surface area contributed by atoms with Gasteiger partial charge in [0.15, 0.2) is 0 Å². The molecule has 0 amide bonds. The van der Waals surface area contributed by atoms with E-state index in [1.807, 2.05) is 0 Å². The summed E-state index contributed by atoms with van der Waals surface area (Å²) in [7, 11) is 0. The molecule has 1 heteroatoms. The zero-order valence-corrected chi connectivity index (χ0v) is 12.4. The molecule has 0 saturated carbocycles. The zero-order chi connectivity index (χ0) is 13.5. The van der Waals surface area contributed by atoms with Crippen LogP contribution in [0.3, 0.4) is 0 Å². The van der Waals surface area contributed by atoms with E-state index in [1.54, 1.807) is 0 Å². The summed E-state index contributed by atoms with van der Waals surface area (Å²) in [5.74, 6) is 0.653. The number of benzene rings is 1. The Balaban J connectivity index is 2.65. The second kappa shape index (κ2) is 7.58. The van der Waals surface area contributed by atoms with Crippen molar-refractivity contribution in [1.29, 1.82) is 0 Å². The smallest absolute Gasteiger partial charge is 0.0795 e. The summed E-state index contributed by atoms with van der Waals surface area (Å²) < 4.78 is 0. The van der Waals surface area contributed by atoms with Crippen LogP contribution in [-0.4, -0.2) is 5.11 Å². The van der Waals surface area contributed by atoms with Gasteiger partial charge >= 0.3 is 0 Å². The van der Waals surface area contributed by atoms with Gasteiger partial charge in [0.25, 0.3) is 0 Å². The van der Waals surface area contributed by atoms with Crippen molar-refractivity contribution in [2.75, 3.05) is 0 Å². The van der Waals surface area contributed by atoms with Gasteiger partial charge in [-0.25, -0.2) is 0 Å². The standard InChI is InChI=1S/C17H28O/c1-5-7-8-15(6-2)12-17(18)16-10-9-13(3)11-14(16)4/h9-11,15,17-18H,5-8,12H2,1-4H3. The molecule has 0 fully saturated rings. The molecule has 0 aliphatic carbocycles. The van der Waals surface area contributed by atoms with Crippen LogP contribution in [0.25, 0.3) is 0 Å². The molecule has 0 spiro atoms. The Labute approximate surface area is 112 Å². The van der Waals surface area contributed by atoms with E-state index in [1.165, 1.54) is 36.8 Å². The maximum absolute atomic E-state index is 10.4. The summed E-state index contributed by atoms with van der Waals surface area (Å²) in [5.41, 5.74) is 3.59. The third-order valence-electron chi connectivity index (χ3n) is 3.88. The maximum Gasteiger partial charge on any atom is 0.0795 e. The Morgan fingerprint density at radius 1 is 1.17 bits per heavy atom. The lowest BCUT2D eigenvalue weighted by Crippen LogP contribution is -2.08. The third kappa shape index (κ3) is 4.45. The molecular formula is C17H28O. The first-order valence-corrected chi connectivity index (χ1v) is 7.33. The van der Waals surface area contributed by atoms with Crippen molar-refractivity contribution in [2.24, 2.45) is 5.92 Å². The van der Waals surface area contributed by atoms with E-state index in [4.69, 9.17) is 0 Å². The van der Waals surface area contributed by atoms with Crippen LogP contribution in [0.5, 0.6) is 0 Å². The van der Waals surface area contributed by atoms with E-state index in [9.17, 15) is 5.11 Å². The monoisotopic (exact) mass is 248 g/mol. The number of aliphatic hydroxyl groups excluding tert-OH is 1. The van der Waals surface area contributed by atoms with Gasteiger partial charge < -0.3 is 5.11 Å². The first-order valence-electron chi connectivity index (χ1n) is 7.33. The van der Waals surface area contributed by atoms with E-state index in [-0.39, 0.29) is 6.10 Å². The van der Waals surface area contributed by atoms with Crippen molar-refractivity contribution in [3.8, 4) is 0 Å². The Morgan fingerprint density at radius 3 is 2.44 bits per heavy atom. The molecule has 102 valence electrons. The van der Waals surface area contributed by atoms with Gasteiger partial charge in [-0.05, 0) is 37.3 Å². The largest absolute Gasteiger partial charge is 0.388 e. The number of aliphatic hydroxyl groups is 1. The van der Waals surface area contributed by atoms with Gasteiger partial charge in [0.05, 0.1) is 6.10 Å². The molecule has 2 unspecified atom stereocenters. The lowest BCUT2D eigenvalue weighted by Gasteiger charge is -2.20. The molecule has 1 aromatic carbocycles. The maximum atomic E-state index is 10.4. The molecule has 2 atom stereocenters. The van der Waals surface area contributed by atoms with E-state index in [0.717, 1.165) is 12.0 Å². The van der Waals surface area contributed by atoms with E-state index < -0.39 is 0 Å². The molecule has 0 aromatic heterocycles. The number of hydrogen-bond acceptors (Lipinski definition) is 1. The number of hydrogen-bond donors (Lipinski definition) is 1. The molecule has 0 bridgehead atoms. The van der Waals surface area contributed by atoms with Crippen molar-refractivity contribution in [1.82, 2.24) is 0 Å². The second-order valence-electron chi connectivity index (χ2n) is 5.53. The highest BCUT2D eigenvalue weighted by atomic mass is 16.3. The fraction of sp³-hybridized carbons (Fsp3) is 0.647. The molecule has 0 aliphatic rings. The van der Waals surface area contributed by atoms with Gasteiger partial charge in [-0.1, -0.05) is 63.3 Å². The van der Waals surface area contributed by atoms with Crippen LogP contribution in [0, 0.1) is 19.8 Å². The second-order valence-corrected chi connectivity index (χ2v) is 5.53. The summed E-state index contributed by atoms with van der Waals surface area (Å²) in [6.45, 7) is 8.65.